The fourth-order valence-electron chi connectivity index (χ4n) is 3.17. The molecule has 9 nitrogen and oxygen atoms in total. The lowest BCUT2D eigenvalue weighted by molar-refractivity contribution is -0.384. The van der Waals surface area contributed by atoms with Crippen molar-refractivity contribution in [2.24, 2.45) is 0 Å². The number of para-hydroxylation sites is 1. The highest BCUT2D eigenvalue weighted by Gasteiger charge is 2.24. The van der Waals surface area contributed by atoms with Crippen molar-refractivity contribution in [2.75, 3.05) is 17.7 Å². The van der Waals surface area contributed by atoms with E-state index in [1.807, 2.05) is 0 Å². The van der Waals surface area contributed by atoms with Gasteiger partial charge in [-0.25, -0.2) is 0 Å². The third kappa shape index (κ3) is 4.48. The summed E-state index contributed by atoms with van der Waals surface area (Å²) in [6.45, 7) is 0. The molecule has 0 bridgehead atoms. The van der Waals surface area contributed by atoms with Gasteiger partial charge in [0.25, 0.3) is 17.5 Å². The number of nitro benzene ring substituents is 1. The molecule has 2 amide bonds. The standard InChI is InChI=1S/C23H16ClN3O6/c1-32-15-9-7-14(8-10-15)25-23(29)21-20(16-4-2-3-5-19(16)33-21)26-22(28)13-6-11-17(24)18(12-13)27(30)31/h2-12H,1H3,(H,25,29)(H,26,28). The molecular formula is C23H16ClN3O6. The van der Waals surface area contributed by atoms with E-state index in [1.54, 1.807) is 48.5 Å². The van der Waals surface area contributed by atoms with Gasteiger partial charge < -0.3 is 19.8 Å². The number of hydrogen-bond acceptors (Lipinski definition) is 6. The average Bonchev–Trinajstić information content (AvgIpc) is 3.18. The minimum Gasteiger partial charge on any atom is -0.497 e. The van der Waals surface area contributed by atoms with Crippen LogP contribution in [0.1, 0.15) is 20.9 Å². The molecule has 0 saturated carbocycles. The smallest absolute Gasteiger partial charge is 0.293 e. The number of hydrogen-bond donors (Lipinski definition) is 2. The summed E-state index contributed by atoms with van der Waals surface area (Å²) >= 11 is 5.83. The van der Waals surface area contributed by atoms with Gasteiger partial charge in [0, 0.05) is 22.7 Å². The molecule has 33 heavy (non-hydrogen) atoms. The molecule has 4 aromatic rings. The molecule has 2 N–H and O–H groups in total. The first kappa shape index (κ1) is 21.8. The van der Waals surface area contributed by atoms with Gasteiger partial charge in [-0.2, -0.15) is 0 Å². The van der Waals surface area contributed by atoms with E-state index >= 15 is 0 Å². The minimum absolute atomic E-state index is 0.00195. The van der Waals surface area contributed by atoms with Crippen molar-refractivity contribution in [3.63, 3.8) is 0 Å². The van der Waals surface area contributed by atoms with E-state index in [0.29, 0.717) is 22.4 Å². The lowest BCUT2D eigenvalue weighted by Crippen LogP contribution is -2.17. The number of fused-ring (bicyclic) bond motifs is 1. The second-order valence-electron chi connectivity index (χ2n) is 6.86. The van der Waals surface area contributed by atoms with E-state index in [4.69, 9.17) is 20.8 Å². The van der Waals surface area contributed by atoms with E-state index in [2.05, 4.69) is 10.6 Å². The fraction of sp³-hybridized carbons (Fsp3) is 0.0435. The summed E-state index contributed by atoms with van der Waals surface area (Å²) in [4.78, 5) is 36.3. The Hall–Kier alpha value is -4.37. The van der Waals surface area contributed by atoms with Crippen molar-refractivity contribution in [1.29, 1.82) is 0 Å². The third-order valence-electron chi connectivity index (χ3n) is 4.79. The Kier molecular flexibility index (Phi) is 5.97. The first-order valence-corrected chi connectivity index (χ1v) is 9.97. The molecule has 0 radical (unpaired) electrons. The van der Waals surface area contributed by atoms with Crippen LogP contribution in [0.15, 0.2) is 71.1 Å². The fourth-order valence-corrected chi connectivity index (χ4v) is 3.36. The molecule has 0 aliphatic heterocycles. The summed E-state index contributed by atoms with van der Waals surface area (Å²) in [6, 6.07) is 17.2. The van der Waals surface area contributed by atoms with Crippen LogP contribution in [0.4, 0.5) is 17.1 Å². The molecule has 3 aromatic carbocycles. The number of amides is 2. The van der Waals surface area contributed by atoms with Crippen molar-refractivity contribution in [3.8, 4) is 5.75 Å². The van der Waals surface area contributed by atoms with E-state index in [9.17, 15) is 19.7 Å². The van der Waals surface area contributed by atoms with Crippen LogP contribution >= 0.6 is 11.6 Å². The number of rotatable bonds is 6. The number of ether oxygens (including phenoxy) is 1. The Labute approximate surface area is 192 Å². The second-order valence-corrected chi connectivity index (χ2v) is 7.27. The summed E-state index contributed by atoms with van der Waals surface area (Å²) in [5.41, 5.74) is 0.609. The maximum Gasteiger partial charge on any atom is 0.293 e. The van der Waals surface area contributed by atoms with Crippen LogP contribution in [-0.4, -0.2) is 23.8 Å². The van der Waals surface area contributed by atoms with Crippen LogP contribution in [0.5, 0.6) is 5.75 Å². The Bertz CT molecular complexity index is 1380. The molecule has 0 unspecified atom stereocenters. The zero-order valence-corrected chi connectivity index (χ0v) is 17.9. The second kappa shape index (κ2) is 9.01. The Morgan fingerprint density at radius 3 is 2.42 bits per heavy atom. The highest BCUT2D eigenvalue weighted by Crippen LogP contribution is 2.33. The van der Waals surface area contributed by atoms with Crippen LogP contribution in [0.25, 0.3) is 11.0 Å². The van der Waals surface area contributed by atoms with Crippen molar-refractivity contribution in [3.05, 3.63) is 93.2 Å². The van der Waals surface area contributed by atoms with Crippen LogP contribution in [0.2, 0.25) is 5.02 Å². The summed E-state index contributed by atoms with van der Waals surface area (Å²) < 4.78 is 10.8. The molecule has 1 heterocycles. The van der Waals surface area contributed by atoms with Gasteiger partial charge in [-0.3, -0.25) is 19.7 Å². The van der Waals surface area contributed by atoms with Gasteiger partial charge in [0.05, 0.1) is 12.0 Å². The molecule has 10 heteroatoms. The molecular weight excluding hydrogens is 450 g/mol. The molecule has 166 valence electrons. The SMILES string of the molecule is COc1ccc(NC(=O)c2oc3ccccc3c2NC(=O)c2ccc(Cl)c([N+](=O)[O-])c2)cc1. The van der Waals surface area contributed by atoms with Crippen molar-refractivity contribution in [1.82, 2.24) is 0 Å². The molecule has 0 aliphatic rings. The van der Waals surface area contributed by atoms with Gasteiger partial charge in [0.1, 0.15) is 22.0 Å². The maximum absolute atomic E-state index is 13.0. The number of methoxy groups -OCH3 is 1. The largest absolute Gasteiger partial charge is 0.497 e. The molecule has 0 spiro atoms. The highest BCUT2D eigenvalue weighted by atomic mass is 35.5. The van der Waals surface area contributed by atoms with E-state index in [-0.39, 0.29) is 22.0 Å². The normalized spacial score (nSPS) is 10.6. The molecule has 1 aromatic heterocycles. The van der Waals surface area contributed by atoms with Crippen LogP contribution in [-0.2, 0) is 0 Å². The Balaban J connectivity index is 1.67. The predicted octanol–water partition coefficient (Wildman–Crippen LogP) is 5.51. The first-order chi connectivity index (χ1) is 15.9. The zero-order chi connectivity index (χ0) is 23.5. The number of nitro groups is 1. The number of carbonyl (C=O) groups excluding carboxylic acids is 2. The van der Waals surface area contributed by atoms with Crippen LogP contribution in [0.3, 0.4) is 0 Å². The Morgan fingerprint density at radius 1 is 1.00 bits per heavy atom. The maximum atomic E-state index is 13.0. The average molecular weight is 466 g/mol. The summed E-state index contributed by atoms with van der Waals surface area (Å²) in [5.74, 6) is -0.751. The first-order valence-electron chi connectivity index (χ1n) is 9.59. The van der Waals surface area contributed by atoms with E-state index in [0.717, 1.165) is 6.07 Å². The van der Waals surface area contributed by atoms with Gasteiger partial charge in [0.15, 0.2) is 0 Å². The number of carbonyl (C=O) groups is 2. The molecule has 0 saturated heterocycles. The number of nitrogens with one attached hydrogen (secondary N) is 2. The Morgan fingerprint density at radius 2 is 1.73 bits per heavy atom. The van der Waals surface area contributed by atoms with Gasteiger partial charge in [0.2, 0.25) is 5.76 Å². The number of halogens is 1. The molecule has 0 fully saturated rings. The zero-order valence-electron chi connectivity index (χ0n) is 17.1. The van der Waals surface area contributed by atoms with Gasteiger partial charge >= 0.3 is 0 Å². The number of benzene rings is 3. The molecule has 0 aliphatic carbocycles. The van der Waals surface area contributed by atoms with E-state index in [1.165, 1.54) is 19.2 Å². The van der Waals surface area contributed by atoms with Gasteiger partial charge in [-0.15, -0.1) is 0 Å². The van der Waals surface area contributed by atoms with Gasteiger partial charge in [-0.1, -0.05) is 23.7 Å². The number of nitrogens with zero attached hydrogens (tertiary/aromatic N) is 1. The van der Waals surface area contributed by atoms with Gasteiger partial charge in [-0.05, 0) is 48.5 Å². The number of furan rings is 1. The topological polar surface area (TPSA) is 124 Å². The monoisotopic (exact) mass is 465 g/mol. The summed E-state index contributed by atoms with van der Waals surface area (Å²) in [6.07, 6.45) is 0. The van der Waals surface area contributed by atoms with Crippen molar-refractivity contribution < 1.29 is 23.7 Å². The minimum atomic E-state index is -0.680. The number of anilines is 2. The highest BCUT2D eigenvalue weighted by molar-refractivity contribution is 6.32. The summed E-state index contributed by atoms with van der Waals surface area (Å²) in [5, 5.41) is 16.9. The third-order valence-corrected chi connectivity index (χ3v) is 5.11. The molecule has 0 atom stereocenters. The summed E-state index contributed by atoms with van der Waals surface area (Å²) in [7, 11) is 1.53. The van der Waals surface area contributed by atoms with Crippen LogP contribution in [0, 0.1) is 10.1 Å². The quantitative estimate of drug-likeness (QED) is 0.286. The van der Waals surface area contributed by atoms with Crippen LogP contribution < -0.4 is 15.4 Å². The van der Waals surface area contributed by atoms with Crippen molar-refractivity contribution >= 4 is 51.4 Å². The lowest BCUT2D eigenvalue weighted by Gasteiger charge is -2.08. The predicted molar refractivity (Wildman–Crippen MR) is 123 cm³/mol. The van der Waals surface area contributed by atoms with Crippen molar-refractivity contribution in [2.45, 2.75) is 0 Å². The molecule has 4 rings (SSSR count). The van der Waals surface area contributed by atoms with E-state index < -0.39 is 22.4 Å². The lowest BCUT2D eigenvalue weighted by atomic mass is 10.1.